The third kappa shape index (κ3) is 6.65. The smallest absolute Gasteiger partial charge is 0.255 e. The zero-order valence-electron chi connectivity index (χ0n) is 9.59. The number of carbonyl (C=O) groups excluding carboxylic acids is 1. The second kappa shape index (κ2) is 7.76. The van der Waals surface area contributed by atoms with Crippen LogP contribution in [0.15, 0.2) is 24.3 Å². The second-order valence-electron chi connectivity index (χ2n) is 3.51. The molecule has 0 radical (unpaired) electrons. The van der Waals surface area contributed by atoms with Crippen LogP contribution in [0.25, 0.3) is 0 Å². The number of hydrogen-bond acceptors (Lipinski definition) is 4. The highest BCUT2D eigenvalue weighted by Gasteiger charge is 1.99. The predicted octanol–water partition coefficient (Wildman–Crippen LogP) is 0.699. The molecule has 0 saturated heterocycles. The molecule has 0 aliphatic carbocycles. The molecule has 1 unspecified atom stereocenters. The third-order valence-electron chi connectivity index (χ3n) is 1.72. The summed E-state index contributed by atoms with van der Waals surface area (Å²) < 4.78 is 10.5. The van der Waals surface area contributed by atoms with Gasteiger partial charge in [0, 0.05) is 6.04 Å². The summed E-state index contributed by atoms with van der Waals surface area (Å²) >= 11 is 0. The first kappa shape index (κ1) is 15.5. The fourth-order valence-corrected chi connectivity index (χ4v) is 1.01. The Morgan fingerprint density at radius 1 is 1.24 bits per heavy atom. The largest absolute Gasteiger partial charge is 0.492 e. The number of nitrogens with two attached hydrogens (primary N) is 2. The van der Waals surface area contributed by atoms with Gasteiger partial charge in [0.25, 0.3) is 5.91 Å². The van der Waals surface area contributed by atoms with E-state index in [1.54, 1.807) is 24.3 Å². The van der Waals surface area contributed by atoms with Crippen molar-refractivity contribution in [2.45, 2.75) is 13.0 Å². The molecule has 0 fully saturated rings. The van der Waals surface area contributed by atoms with Crippen molar-refractivity contribution in [2.24, 2.45) is 11.5 Å². The number of ether oxygens (including phenoxy) is 2. The van der Waals surface area contributed by atoms with E-state index in [0.717, 1.165) is 0 Å². The van der Waals surface area contributed by atoms with Gasteiger partial charge in [-0.25, -0.2) is 0 Å². The number of hydrogen-bond donors (Lipinski definition) is 2. The number of primary amides is 1. The van der Waals surface area contributed by atoms with Crippen LogP contribution in [0.2, 0.25) is 0 Å². The van der Waals surface area contributed by atoms with E-state index >= 15 is 0 Å². The molecule has 5 nitrogen and oxygen atoms in total. The Kier molecular flexibility index (Phi) is 7.09. The van der Waals surface area contributed by atoms with E-state index in [1.165, 1.54) is 0 Å². The van der Waals surface area contributed by atoms with Crippen molar-refractivity contribution in [2.75, 3.05) is 13.2 Å². The van der Waals surface area contributed by atoms with Crippen LogP contribution in [0.5, 0.6) is 11.5 Å². The molecule has 1 rings (SSSR count). The molecule has 1 amide bonds. The van der Waals surface area contributed by atoms with Crippen LogP contribution >= 0.6 is 12.4 Å². The van der Waals surface area contributed by atoms with Crippen molar-refractivity contribution < 1.29 is 14.3 Å². The summed E-state index contributed by atoms with van der Waals surface area (Å²) in [4.78, 5) is 10.5. The van der Waals surface area contributed by atoms with Crippen molar-refractivity contribution in [3.63, 3.8) is 0 Å². The molecule has 4 N–H and O–H groups in total. The first-order valence-corrected chi connectivity index (χ1v) is 4.97. The maximum atomic E-state index is 10.5. The van der Waals surface area contributed by atoms with E-state index in [-0.39, 0.29) is 25.1 Å². The minimum Gasteiger partial charge on any atom is -0.492 e. The van der Waals surface area contributed by atoms with Crippen molar-refractivity contribution >= 4 is 18.3 Å². The van der Waals surface area contributed by atoms with Gasteiger partial charge in [-0.2, -0.15) is 0 Å². The number of carbonyl (C=O) groups is 1. The van der Waals surface area contributed by atoms with Crippen LogP contribution in [-0.2, 0) is 4.79 Å². The Bertz CT molecular complexity index is 341. The number of halogens is 1. The van der Waals surface area contributed by atoms with E-state index in [1.807, 2.05) is 6.92 Å². The molecule has 1 atom stereocenters. The first-order chi connectivity index (χ1) is 7.58. The van der Waals surface area contributed by atoms with E-state index < -0.39 is 5.91 Å². The van der Waals surface area contributed by atoms with Gasteiger partial charge < -0.3 is 20.9 Å². The topological polar surface area (TPSA) is 87.6 Å². The standard InChI is InChI=1S/C11H16N2O3.ClH/c1-8(12)6-15-9-2-4-10(5-3-9)16-7-11(13)14;/h2-5,8H,6-7,12H2,1H3,(H2,13,14);1H. The lowest BCUT2D eigenvalue weighted by Gasteiger charge is -2.09. The lowest BCUT2D eigenvalue weighted by atomic mass is 10.3. The lowest BCUT2D eigenvalue weighted by Crippen LogP contribution is -2.23. The van der Waals surface area contributed by atoms with Crippen LogP contribution in [0.4, 0.5) is 0 Å². The van der Waals surface area contributed by atoms with E-state index in [2.05, 4.69) is 0 Å². The third-order valence-corrected chi connectivity index (χ3v) is 1.72. The van der Waals surface area contributed by atoms with Crippen LogP contribution < -0.4 is 20.9 Å². The molecule has 0 bridgehead atoms. The van der Waals surface area contributed by atoms with E-state index in [4.69, 9.17) is 20.9 Å². The van der Waals surface area contributed by atoms with Gasteiger partial charge in [0.05, 0.1) is 0 Å². The second-order valence-corrected chi connectivity index (χ2v) is 3.51. The number of rotatable bonds is 6. The Labute approximate surface area is 106 Å². The summed E-state index contributed by atoms with van der Waals surface area (Å²) in [5.41, 5.74) is 10.5. The van der Waals surface area contributed by atoms with Gasteiger partial charge in [-0.15, -0.1) is 12.4 Å². The monoisotopic (exact) mass is 260 g/mol. The molecule has 0 aromatic heterocycles. The van der Waals surface area contributed by atoms with Crippen molar-refractivity contribution in [1.82, 2.24) is 0 Å². The lowest BCUT2D eigenvalue weighted by molar-refractivity contribution is -0.119. The Balaban J connectivity index is 0.00000256. The summed E-state index contributed by atoms with van der Waals surface area (Å²) in [6, 6.07) is 6.90. The maximum Gasteiger partial charge on any atom is 0.255 e. The van der Waals surface area contributed by atoms with Crippen LogP contribution in [0.3, 0.4) is 0 Å². The summed E-state index contributed by atoms with van der Waals surface area (Å²) in [5, 5.41) is 0. The highest BCUT2D eigenvalue weighted by atomic mass is 35.5. The number of benzene rings is 1. The molecule has 0 saturated carbocycles. The molecule has 0 heterocycles. The first-order valence-electron chi connectivity index (χ1n) is 4.97. The highest BCUT2D eigenvalue weighted by Crippen LogP contribution is 2.17. The van der Waals surface area contributed by atoms with Crippen LogP contribution in [-0.4, -0.2) is 25.2 Å². The average Bonchev–Trinajstić information content (AvgIpc) is 2.25. The normalized spacial score (nSPS) is 11.2. The zero-order valence-corrected chi connectivity index (χ0v) is 10.4. The molecule has 1 aromatic carbocycles. The molecule has 0 spiro atoms. The molecule has 96 valence electrons. The van der Waals surface area contributed by atoms with Crippen LogP contribution in [0.1, 0.15) is 6.92 Å². The van der Waals surface area contributed by atoms with Crippen LogP contribution in [0, 0.1) is 0 Å². The van der Waals surface area contributed by atoms with Crippen molar-refractivity contribution in [3.8, 4) is 11.5 Å². The zero-order chi connectivity index (χ0) is 12.0. The molecule has 17 heavy (non-hydrogen) atoms. The summed E-state index contributed by atoms with van der Waals surface area (Å²) in [6.07, 6.45) is 0. The fraction of sp³-hybridized carbons (Fsp3) is 0.364. The van der Waals surface area contributed by atoms with Crippen molar-refractivity contribution in [3.05, 3.63) is 24.3 Å². The Morgan fingerprint density at radius 3 is 2.12 bits per heavy atom. The molecule has 0 aliphatic heterocycles. The number of amides is 1. The van der Waals surface area contributed by atoms with Gasteiger partial charge in [0.1, 0.15) is 18.1 Å². The fourth-order valence-electron chi connectivity index (χ4n) is 1.01. The molecular weight excluding hydrogens is 244 g/mol. The van der Waals surface area contributed by atoms with Gasteiger partial charge in [-0.1, -0.05) is 0 Å². The molecule has 0 aliphatic rings. The minimum atomic E-state index is -0.503. The highest BCUT2D eigenvalue weighted by molar-refractivity contribution is 5.85. The summed E-state index contributed by atoms with van der Waals surface area (Å²) in [6.45, 7) is 2.20. The molecule has 6 heteroatoms. The Hall–Kier alpha value is -1.46. The van der Waals surface area contributed by atoms with Crippen molar-refractivity contribution in [1.29, 1.82) is 0 Å². The molecule has 1 aromatic rings. The van der Waals surface area contributed by atoms with Gasteiger partial charge >= 0.3 is 0 Å². The minimum absolute atomic E-state index is 0. The van der Waals surface area contributed by atoms with Gasteiger partial charge in [-0.05, 0) is 31.2 Å². The van der Waals surface area contributed by atoms with Gasteiger partial charge in [-0.3, -0.25) is 4.79 Å². The Morgan fingerprint density at radius 2 is 1.71 bits per heavy atom. The predicted molar refractivity (Wildman–Crippen MR) is 67.5 cm³/mol. The van der Waals surface area contributed by atoms with Gasteiger partial charge in [0.2, 0.25) is 0 Å². The van der Waals surface area contributed by atoms with E-state index in [9.17, 15) is 4.79 Å². The maximum absolute atomic E-state index is 10.5. The van der Waals surface area contributed by atoms with E-state index in [0.29, 0.717) is 18.1 Å². The quantitative estimate of drug-likeness (QED) is 0.788. The SMILES string of the molecule is CC(N)COc1ccc(OCC(N)=O)cc1.Cl. The average molecular weight is 261 g/mol. The summed E-state index contributed by atoms with van der Waals surface area (Å²) in [7, 11) is 0. The van der Waals surface area contributed by atoms with Gasteiger partial charge in [0.15, 0.2) is 6.61 Å². The molecular formula is C11H17ClN2O3. The summed E-state index contributed by atoms with van der Waals surface area (Å²) in [5.74, 6) is 0.785.